The molecule has 0 unspecified atom stereocenters. The molecule has 0 amide bonds. The molecule has 0 bridgehead atoms. The van der Waals surface area contributed by atoms with Crippen LogP contribution >= 0.6 is 0 Å². The summed E-state index contributed by atoms with van der Waals surface area (Å²) < 4.78 is 35.3. The number of carbonyl (C=O) groups excluding carboxylic acids is 2. The van der Waals surface area contributed by atoms with Crippen LogP contribution in [0.25, 0.3) is 0 Å². The highest BCUT2D eigenvalue weighted by molar-refractivity contribution is 6.05. The summed E-state index contributed by atoms with van der Waals surface area (Å²) in [6, 6.07) is 0. The first kappa shape index (κ1) is 9.22. The van der Waals surface area contributed by atoms with Gasteiger partial charge in [0.05, 0.1) is 5.92 Å². The van der Waals surface area contributed by atoms with Crippen molar-refractivity contribution in [2.24, 2.45) is 5.92 Å². The predicted octanol–water partition coefficient (Wildman–Crippen LogP) is 1.49. The van der Waals surface area contributed by atoms with Crippen molar-refractivity contribution in [2.75, 3.05) is 0 Å². The Kier molecular flexibility index (Phi) is 2.21. The van der Waals surface area contributed by atoms with Crippen LogP contribution in [-0.2, 0) is 9.59 Å². The summed E-state index contributed by atoms with van der Waals surface area (Å²) in [5.41, 5.74) is 0. The third kappa shape index (κ3) is 1.65. The Balaban J connectivity index is 2.71. The van der Waals surface area contributed by atoms with E-state index in [0.717, 1.165) is 0 Å². The van der Waals surface area contributed by atoms with Crippen molar-refractivity contribution in [3.8, 4) is 0 Å². The summed E-state index contributed by atoms with van der Waals surface area (Å²) in [4.78, 5) is 21.3. The van der Waals surface area contributed by atoms with E-state index in [2.05, 4.69) is 0 Å². The second-order valence-corrected chi connectivity index (χ2v) is 2.77. The van der Waals surface area contributed by atoms with Gasteiger partial charge in [-0.1, -0.05) is 0 Å². The minimum Gasteiger partial charge on any atom is -0.299 e. The van der Waals surface area contributed by atoms with E-state index in [1.54, 1.807) is 0 Å². The van der Waals surface area contributed by atoms with Gasteiger partial charge in [-0.15, -0.1) is 0 Å². The summed E-state index contributed by atoms with van der Waals surface area (Å²) in [7, 11) is 0. The molecule has 0 aliphatic heterocycles. The molecule has 0 N–H and O–H groups in total. The maximum atomic E-state index is 11.8. The number of ketones is 2. The van der Waals surface area contributed by atoms with Gasteiger partial charge in [-0.05, 0) is 12.8 Å². The fourth-order valence-electron chi connectivity index (χ4n) is 1.29. The lowest BCUT2D eigenvalue weighted by atomic mass is 10.0. The molecule has 1 fully saturated rings. The van der Waals surface area contributed by atoms with Crippen molar-refractivity contribution in [1.29, 1.82) is 0 Å². The van der Waals surface area contributed by atoms with E-state index in [1.807, 2.05) is 0 Å². The van der Waals surface area contributed by atoms with Gasteiger partial charge >= 0.3 is 6.18 Å². The summed E-state index contributed by atoms with van der Waals surface area (Å²) >= 11 is 0. The van der Waals surface area contributed by atoms with Gasteiger partial charge in [0.25, 0.3) is 0 Å². The predicted molar refractivity (Wildman–Crippen MR) is 33.4 cm³/mol. The molecule has 1 atom stereocenters. The summed E-state index contributed by atoms with van der Waals surface area (Å²) in [5, 5.41) is 0. The molecule has 1 aliphatic rings. The van der Waals surface area contributed by atoms with E-state index in [1.165, 1.54) is 0 Å². The average molecular weight is 180 g/mol. The van der Waals surface area contributed by atoms with E-state index < -0.39 is 23.7 Å². The molecule has 1 rings (SSSR count). The minimum atomic E-state index is -4.86. The van der Waals surface area contributed by atoms with Crippen molar-refractivity contribution < 1.29 is 22.8 Å². The maximum Gasteiger partial charge on any atom is 0.450 e. The van der Waals surface area contributed by atoms with Crippen LogP contribution in [0.5, 0.6) is 0 Å². The van der Waals surface area contributed by atoms with Crippen LogP contribution in [0.3, 0.4) is 0 Å². The SMILES string of the molecule is O=C1CCC[C@@H]1C(=O)C(F)(F)F. The van der Waals surface area contributed by atoms with Crippen LogP contribution in [0.1, 0.15) is 19.3 Å². The summed E-state index contributed by atoms with van der Waals surface area (Å²) in [6.07, 6.45) is -4.31. The molecule has 0 aromatic heterocycles. The third-order valence-corrected chi connectivity index (χ3v) is 1.90. The highest BCUT2D eigenvalue weighted by atomic mass is 19.4. The standard InChI is InChI=1S/C7H7F3O2/c8-7(9,10)6(12)4-2-1-3-5(4)11/h4H,1-3H2/t4-/m0/s1. The molecule has 0 radical (unpaired) electrons. The molecule has 0 heterocycles. The van der Waals surface area contributed by atoms with Gasteiger partial charge in [0, 0.05) is 6.42 Å². The molecule has 68 valence electrons. The zero-order valence-corrected chi connectivity index (χ0v) is 6.15. The molecule has 12 heavy (non-hydrogen) atoms. The molecule has 0 spiro atoms. The van der Waals surface area contributed by atoms with Gasteiger partial charge in [0.15, 0.2) is 0 Å². The van der Waals surface area contributed by atoms with Crippen LogP contribution in [0.2, 0.25) is 0 Å². The Morgan fingerprint density at radius 3 is 2.33 bits per heavy atom. The van der Waals surface area contributed by atoms with E-state index in [0.29, 0.717) is 6.42 Å². The quantitative estimate of drug-likeness (QED) is 0.573. The Morgan fingerprint density at radius 2 is 2.00 bits per heavy atom. The Labute approximate surface area is 66.7 Å². The smallest absolute Gasteiger partial charge is 0.299 e. The topological polar surface area (TPSA) is 34.1 Å². The van der Waals surface area contributed by atoms with Gasteiger partial charge < -0.3 is 0 Å². The fourth-order valence-corrected chi connectivity index (χ4v) is 1.29. The molecule has 5 heteroatoms. The summed E-state index contributed by atoms with van der Waals surface area (Å²) in [5.74, 6) is -3.87. The number of Topliss-reactive ketones (excluding diaryl/α,β-unsaturated/α-hetero) is 2. The lowest BCUT2D eigenvalue weighted by Gasteiger charge is -2.08. The van der Waals surface area contributed by atoms with Crippen molar-refractivity contribution >= 4 is 11.6 Å². The van der Waals surface area contributed by atoms with E-state index in [-0.39, 0.29) is 12.8 Å². The lowest BCUT2D eigenvalue weighted by molar-refractivity contribution is -0.176. The first-order chi connectivity index (χ1) is 5.43. The highest BCUT2D eigenvalue weighted by Gasteiger charge is 2.47. The molecule has 0 aromatic carbocycles. The number of halogens is 3. The Hall–Kier alpha value is -0.870. The van der Waals surface area contributed by atoms with E-state index in [4.69, 9.17) is 0 Å². The largest absolute Gasteiger partial charge is 0.450 e. The fraction of sp³-hybridized carbons (Fsp3) is 0.714. The average Bonchev–Trinajstić information content (AvgIpc) is 2.31. The van der Waals surface area contributed by atoms with Gasteiger partial charge in [0.2, 0.25) is 5.78 Å². The maximum absolute atomic E-state index is 11.8. The van der Waals surface area contributed by atoms with Crippen LogP contribution < -0.4 is 0 Å². The van der Waals surface area contributed by atoms with Gasteiger partial charge in [-0.3, -0.25) is 9.59 Å². The van der Waals surface area contributed by atoms with Crippen molar-refractivity contribution in [3.05, 3.63) is 0 Å². The third-order valence-electron chi connectivity index (χ3n) is 1.90. The number of alkyl halides is 3. The van der Waals surface area contributed by atoms with Gasteiger partial charge in [0.1, 0.15) is 5.78 Å². The molecular weight excluding hydrogens is 173 g/mol. The first-order valence-corrected chi connectivity index (χ1v) is 3.56. The minimum absolute atomic E-state index is 0.0528. The molecule has 2 nitrogen and oxygen atoms in total. The number of hydrogen-bond acceptors (Lipinski definition) is 2. The molecular formula is C7H7F3O2. The second-order valence-electron chi connectivity index (χ2n) is 2.77. The zero-order valence-electron chi connectivity index (χ0n) is 6.15. The number of hydrogen-bond donors (Lipinski definition) is 0. The van der Waals surface area contributed by atoms with Crippen LogP contribution in [0, 0.1) is 5.92 Å². The monoisotopic (exact) mass is 180 g/mol. The van der Waals surface area contributed by atoms with Crippen LogP contribution in [0.4, 0.5) is 13.2 Å². The Bertz CT molecular complexity index is 219. The lowest BCUT2D eigenvalue weighted by Crippen LogP contribution is -2.32. The summed E-state index contributed by atoms with van der Waals surface area (Å²) in [6.45, 7) is 0. The van der Waals surface area contributed by atoms with E-state index in [9.17, 15) is 22.8 Å². The molecule has 0 saturated heterocycles. The van der Waals surface area contributed by atoms with Crippen molar-refractivity contribution in [2.45, 2.75) is 25.4 Å². The van der Waals surface area contributed by atoms with Crippen molar-refractivity contribution in [3.63, 3.8) is 0 Å². The molecule has 1 aliphatic carbocycles. The normalized spacial score (nSPS) is 24.6. The Morgan fingerprint density at radius 1 is 1.42 bits per heavy atom. The van der Waals surface area contributed by atoms with Gasteiger partial charge in [-0.25, -0.2) is 0 Å². The zero-order chi connectivity index (χ0) is 9.35. The first-order valence-electron chi connectivity index (χ1n) is 3.56. The highest BCUT2D eigenvalue weighted by Crippen LogP contribution is 2.29. The molecule has 0 aromatic rings. The van der Waals surface area contributed by atoms with Gasteiger partial charge in [-0.2, -0.15) is 13.2 Å². The molecule has 1 saturated carbocycles. The van der Waals surface area contributed by atoms with Crippen LogP contribution in [-0.4, -0.2) is 17.7 Å². The van der Waals surface area contributed by atoms with Crippen molar-refractivity contribution in [1.82, 2.24) is 0 Å². The number of carbonyl (C=O) groups is 2. The number of rotatable bonds is 1. The van der Waals surface area contributed by atoms with E-state index >= 15 is 0 Å². The van der Waals surface area contributed by atoms with Crippen LogP contribution in [0.15, 0.2) is 0 Å². The second kappa shape index (κ2) is 2.88.